The van der Waals surface area contributed by atoms with Gasteiger partial charge in [-0.05, 0) is 24.4 Å². The number of nitrogens with zero attached hydrogens (tertiary/aromatic N) is 4. The van der Waals surface area contributed by atoms with E-state index in [2.05, 4.69) is 9.97 Å². The number of anilines is 1. The monoisotopic (exact) mass is 272 g/mol. The molecule has 18 heavy (non-hydrogen) atoms. The third kappa shape index (κ3) is 2.68. The molecule has 98 valence electrons. The molecule has 0 saturated carbocycles. The predicted octanol–water partition coefficient (Wildman–Crippen LogP) is 1.65. The third-order valence-electron chi connectivity index (χ3n) is 2.93. The van der Waals surface area contributed by atoms with E-state index in [-0.39, 0.29) is 22.9 Å². The number of halogens is 1. The molecule has 0 aromatic carbocycles. The first-order valence-corrected chi connectivity index (χ1v) is 5.94. The molecule has 7 nitrogen and oxygen atoms in total. The van der Waals surface area contributed by atoms with E-state index in [1.807, 2.05) is 4.90 Å². The number of methoxy groups -OCH3 is 1. The molecule has 1 aliphatic heterocycles. The maximum absolute atomic E-state index is 11.0. The zero-order valence-electron chi connectivity index (χ0n) is 9.87. The van der Waals surface area contributed by atoms with Crippen LogP contribution in [0, 0.1) is 10.1 Å². The summed E-state index contributed by atoms with van der Waals surface area (Å²) in [7, 11) is 1.63. The van der Waals surface area contributed by atoms with Crippen LogP contribution in [-0.2, 0) is 4.74 Å². The van der Waals surface area contributed by atoms with Crippen molar-refractivity contribution < 1.29 is 9.66 Å². The van der Waals surface area contributed by atoms with Crippen molar-refractivity contribution in [3.05, 3.63) is 21.6 Å². The molecule has 1 aromatic heterocycles. The Labute approximate surface area is 109 Å². The molecule has 0 amide bonds. The zero-order valence-corrected chi connectivity index (χ0v) is 10.6. The van der Waals surface area contributed by atoms with E-state index in [0.717, 1.165) is 19.0 Å². The van der Waals surface area contributed by atoms with Gasteiger partial charge in [0.1, 0.15) is 6.20 Å². The van der Waals surface area contributed by atoms with E-state index in [9.17, 15) is 10.1 Å². The molecule has 8 heteroatoms. The number of piperidine rings is 1. The standard InChI is InChI=1S/C10H13ClN4O3/c1-18-7-3-2-4-14(6-7)9-8(15(16)17)5-12-10(11)13-9/h5,7H,2-4,6H2,1H3. The van der Waals surface area contributed by atoms with Crippen LogP contribution in [0.2, 0.25) is 5.28 Å². The molecule has 1 fully saturated rings. The van der Waals surface area contributed by atoms with Crippen LogP contribution in [0.3, 0.4) is 0 Å². The molecule has 1 aromatic rings. The van der Waals surface area contributed by atoms with Crippen molar-refractivity contribution in [1.29, 1.82) is 0 Å². The summed E-state index contributed by atoms with van der Waals surface area (Å²) < 4.78 is 5.29. The molecule has 1 saturated heterocycles. The second-order valence-corrected chi connectivity index (χ2v) is 4.39. The van der Waals surface area contributed by atoms with Crippen molar-refractivity contribution in [2.45, 2.75) is 18.9 Å². The van der Waals surface area contributed by atoms with Gasteiger partial charge in [-0.15, -0.1) is 0 Å². The SMILES string of the molecule is COC1CCCN(c2nc(Cl)ncc2[N+](=O)[O-])C1. The summed E-state index contributed by atoms with van der Waals surface area (Å²) in [5.74, 6) is 0.266. The molecule has 0 bridgehead atoms. The summed E-state index contributed by atoms with van der Waals surface area (Å²) in [6.45, 7) is 1.28. The van der Waals surface area contributed by atoms with Gasteiger partial charge in [-0.25, -0.2) is 4.98 Å². The maximum atomic E-state index is 11.0. The summed E-state index contributed by atoms with van der Waals surface area (Å²) in [6.07, 6.45) is 3.05. The summed E-state index contributed by atoms with van der Waals surface area (Å²) in [6, 6.07) is 0. The molecule has 0 spiro atoms. The van der Waals surface area contributed by atoms with Gasteiger partial charge in [-0.3, -0.25) is 10.1 Å². The second-order valence-electron chi connectivity index (χ2n) is 4.05. The lowest BCUT2D eigenvalue weighted by atomic mass is 10.1. The summed E-state index contributed by atoms with van der Waals surface area (Å²) in [5, 5.41) is 11.0. The zero-order chi connectivity index (χ0) is 13.1. The Hall–Kier alpha value is -1.47. The van der Waals surface area contributed by atoms with Gasteiger partial charge in [0.15, 0.2) is 0 Å². The van der Waals surface area contributed by atoms with Crippen LogP contribution >= 0.6 is 11.6 Å². The van der Waals surface area contributed by atoms with Gasteiger partial charge in [0.2, 0.25) is 11.1 Å². The summed E-state index contributed by atoms with van der Waals surface area (Å²) in [5.41, 5.74) is -0.129. The Morgan fingerprint density at radius 1 is 1.67 bits per heavy atom. The first-order chi connectivity index (χ1) is 8.61. The molecular weight excluding hydrogens is 260 g/mol. The van der Waals surface area contributed by atoms with E-state index < -0.39 is 4.92 Å². The summed E-state index contributed by atoms with van der Waals surface area (Å²) in [4.78, 5) is 19.9. The van der Waals surface area contributed by atoms with Crippen molar-refractivity contribution >= 4 is 23.1 Å². The number of hydrogen-bond acceptors (Lipinski definition) is 6. The highest BCUT2D eigenvalue weighted by Crippen LogP contribution is 2.28. The molecule has 0 radical (unpaired) electrons. The normalized spacial score (nSPS) is 19.9. The van der Waals surface area contributed by atoms with E-state index in [4.69, 9.17) is 16.3 Å². The van der Waals surface area contributed by atoms with E-state index in [0.29, 0.717) is 13.1 Å². The lowest BCUT2D eigenvalue weighted by Gasteiger charge is -2.32. The molecule has 1 atom stereocenters. The van der Waals surface area contributed by atoms with Gasteiger partial charge in [0.25, 0.3) is 0 Å². The number of ether oxygens (including phenoxy) is 1. The van der Waals surface area contributed by atoms with Crippen LogP contribution in [0.4, 0.5) is 11.5 Å². The van der Waals surface area contributed by atoms with Gasteiger partial charge in [0, 0.05) is 20.2 Å². The summed E-state index contributed by atoms with van der Waals surface area (Å²) >= 11 is 5.71. The molecular formula is C10H13ClN4O3. The highest BCUT2D eigenvalue weighted by atomic mass is 35.5. The maximum Gasteiger partial charge on any atom is 0.329 e. The Bertz CT molecular complexity index is 457. The van der Waals surface area contributed by atoms with Gasteiger partial charge in [0.05, 0.1) is 11.0 Å². The Kier molecular flexibility index (Phi) is 3.93. The second kappa shape index (κ2) is 5.45. The fraction of sp³-hybridized carbons (Fsp3) is 0.600. The molecule has 2 heterocycles. The quantitative estimate of drug-likeness (QED) is 0.473. The predicted molar refractivity (Wildman–Crippen MR) is 65.9 cm³/mol. The first kappa shape index (κ1) is 13.0. The van der Waals surface area contributed by atoms with Crippen molar-refractivity contribution in [3.63, 3.8) is 0 Å². The number of hydrogen-bond donors (Lipinski definition) is 0. The van der Waals surface area contributed by atoms with Crippen LogP contribution in [0.25, 0.3) is 0 Å². The van der Waals surface area contributed by atoms with E-state index >= 15 is 0 Å². The van der Waals surface area contributed by atoms with Gasteiger partial charge in [-0.2, -0.15) is 4.98 Å². The minimum atomic E-state index is -0.498. The molecule has 0 N–H and O–H groups in total. The third-order valence-corrected chi connectivity index (χ3v) is 3.11. The minimum absolute atomic E-state index is 0.00939. The van der Waals surface area contributed by atoms with Crippen LogP contribution in [0.5, 0.6) is 0 Å². The van der Waals surface area contributed by atoms with Gasteiger partial charge < -0.3 is 9.64 Å². The Balaban J connectivity index is 2.31. The highest BCUT2D eigenvalue weighted by molar-refractivity contribution is 6.28. The minimum Gasteiger partial charge on any atom is -0.380 e. The van der Waals surface area contributed by atoms with E-state index in [1.165, 1.54) is 0 Å². The molecule has 0 aliphatic carbocycles. The van der Waals surface area contributed by atoms with Crippen LogP contribution in [0.1, 0.15) is 12.8 Å². The fourth-order valence-corrected chi connectivity index (χ4v) is 2.16. The van der Waals surface area contributed by atoms with Crippen molar-refractivity contribution in [2.75, 3.05) is 25.1 Å². The fourth-order valence-electron chi connectivity index (χ4n) is 2.03. The smallest absolute Gasteiger partial charge is 0.329 e. The van der Waals surface area contributed by atoms with Gasteiger partial charge in [-0.1, -0.05) is 0 Å². The Morgan fingerprint density at radius 3 is 3.11 bits per heavy atom. The first-order valence-electron chi connectivity index (χ1n) is 5.56. The topological polar surface area (TPSA) is 81.4 Å². The van der Waals surface area contributed by atoms with Crippen molar-refractivity contribution in [1.82, 2.24) is 9.97 Å². The van der Waals surface area contributed by atoms with Crippen molar-refractivity contribution in [2.24, 2.45) is 0 Å². The van der Waals surface area contributed by atoms with Crippen LogP contribution in [-0.4, -0.2) is 41.2 Å². The highest BCUT2D eigenvalue weighted by Gasteiger charge is 2.27. The largest absolute Gasteiger partial charge is 0.380 e. The lowest BCUT2D eigenvalue weighted by molar-refractivity contribution is -0.384. The lowest BCUT2D eigenvalue weighted by Crippen LogP contribution is -2.40. The van der Waals surface area contributed by atoms with Crippen LogP contribution in [0.15, 0.2) is 6.20 Å². The number of nitro groups is 1. The molecule has 1 aliphatic rings. The van der Waals surface area contributed by atoms with Crippen molar-refractivity contribution in [3.8, 4) is 0 Å². The Morgan fingerprint density at radius 2 is 2.44 bits per heavy atom. The molecule has 2 rings (SSSR count). The average molecular weight is 273 g/mol. The van der Waals surface area contributed by atoms with Gasteiger partial charge >= 0.3 is 5.69 Å². The number of aromatic nitrogens is 2. The molecule has 1 unspecified atom stereocenters. The van der Waals surface area contributed by atoms with E-state index in [1.54, 1.807) is 7.11 Å². The van der Waals surface area contributed by atoms with Crippen LogP contribution < -0.4 is 4.90 Å². The number of rotatable bonds is 3. The average Bonchev–Trinajstić information content (AvgIpc) is 2.38.